The zero-order chi connectivity index (χ0) is 16.8. The topological polar surface area (TPSA) is 17.1 Å². The summed E-state index contributed by atoms with van der Waals surface area (Å²) in [5.41, 5.74) is 1.42. The summed E-state index contributed by atoms with van der Waals surface area (Å²) >= 11 is 10.5. The lowest BCUT2D eigenvalue weighted by molar-refractivity contribution is -0.107. The zero-order valence-corrected chi connectivity index (χ0v) is 18.1. The number of hydrogen-bond acceptors (Lipinski definition) is 7. The predicted molar refractivity (Wildman–Crippen MR) is 115 cm³/mol. The Labute approximate surface area is 164 Å². The first-order chi connectivity index (χ1) is 11.1. The molecule has 0 bridgehead atoms. The number of benzene rings is 1. The van der Waals surface area contributed by atoms with Gasteiger partial charge in [0.15, 0.2) is 0 Å². The molecule has 0 N–H and O–H groups in total. The van der Waals surface area contributed by atoms with Crippen LogP contribution < -0.4 is 0 Å². The van der Waals surface area contributed by atoms with Gasteiger partial charge in [-0.05, 0) is 42.4 Å². The van der Waals surface area contributed by atoms with Crippen LogP contribution in [0.25, 0.3) is 0 Å². The molecule has 0 radical (unpaired) electrons. The molecule has 1 aromatic carbocycles. The third kappa shape index (κ3) is 5.22. The van der Waals surface area contributed by atoms with Crippen molar-refractivity contribution in [3.05, 3.63) is 40.7 Å². The Bertz CT molecular complexity index is 600. The summed E-state index contributed by atoms with van der Waals surface area (Å²) in [4.78, 5) is 16.7. The summed E-state index contributed by atoms with van der Waals surface area (Å²) in [6.45, 7) is 3.52. The molecule has 1 aromatic rings. The second kappa shape index (κ2) is 9.82. The Hall–Kier alpha value is 0.470. The average molecular weight is 419 g/mol. The summed E-state index contributed by atoms with van der Waals surface area (Å²) < 4.78 is 0.380. The molecule has 0 amide bonds. The Morgan fingerprint density at radius 1 is 1.22 bits per heavy atom. The predicted octanol–water partition coefficient (Wildman–Crippen LogP) is 6.62. The van der Waals surface area contributed by atoms with E-state index in [9.17, 15) is 4.79 Å². The number of carbonyl (C=O) groups excluding carboxylic acids is 1. The SMILES string of the molecule is C=CC(=O)SCC1=CSC(c2c(SC)cc(SC)cc2SC)S1. The van der Waals surface area contributed by atoms with Crippen molar-refractivity contribution in [3.63, 3.8) is 0 Å². The molecule has 1 nitrogen and oxygen atoms in total. The smallest absolute Gasteiger partial charge is 0.211 e. The van der Waals surface area contributed by atoms with Crippen molar-refractivity contribution in [2.45, 2.75) is 19.3 Å². The van der Waals surface area contributed by atoms with E-state index in [1.165, 1.54) is 43.0 Å². The quantitative estimate of drug-likeness (QED) is 0.361. The molecule has 0 spiro atoms. The van der Waals surface area contributed by atoms with Crippen LogP contribution in [0.4, 0.5) is 0 Å². The summed E-state index contributed by atoms with van der Waals surface area (Å²) in [6, 6.07) is 4.58. The van der Waals surface area contributed by atoms with Gasteiger partial charge in [-0.25, -0.2) is 0 Å². The van der Waals surface area contributed by atoms with Gasteiger partial charge in [0.1, 0.15) is 0 Å². The van der Waals surface area contributed by atoms with Crippen molar-refractivity contribution in [1.82, 2.24) is 0 Å². The third-order valence-electron chi connectivity index (χ3n) is 3.09. The van der Waals surface area contributed by atoms with Crippen molar-refractivity contribution >= 4 is 75.7 Å². The minimum Gasteiger partial charge on any atom is -0.282 e. The van der Waals surface area contributed by atoms with Crippen LogP contribution in [-0.4, -0.2) is 29.6 Å². The Balaban J connectivity index is 2.17. The zero-order valence-electron chi connectivity index (χ0n) is 13.2. The first-order valence-electron chi connectivity index (χ1n) is 6.73. The molecule has 23 heavy (non-hydrogen) atoms. The third-order valence-corrected chi connectivity index (χ3v) is 9.13. The van der Waals surface area contributed by atoms with Gasteiger partial charge in [-0.15, -0.1) is 58.8 Å². The molecule has 0 aromatic heterocycles. The molecule has 1 atom stereocenters. The first-order valence-corrected chi connectivity index (χ1v) is 13.2. The fraction of sp³-hybridized carbons (Fsp3) is 0.312. The van der Waals surface area contributed by atoms with Gasteiger partial charge < -0.3 is 0 Å². The number of rotatable bonds is 7. The van der Waals surface area contributed by atoms with Gasteiger partial charge in [0.05, 0.1) is 4.58 Å². The maximum Gasteiger partial charge on any atom is 0.211 e. The number of carbonyl (C=O) groups is 1. The van der Waals surface area contributed by atoms with Crippen molar-refractivity contribution in [2.75, 3.05) is 24.5 Å². The van der Waals surface area contributed by atoms with Gasteiger partial charge >= 0.3 is 0 Å². The van der Waals surface area contributed by atoms with Crippen LogP contribution in [0.5, 0.6) is 0 Å². The van der Waals surface area contributed by atoms with Crippen molar-refractivity contribution in [3.8, 4) is 0 Å². The van der Waals surface area contributed by atoms with E-state index in [0.717, 1.165) is 5.75 Å². The highest BCUT2D eigenvalue weighted by atomic mass is 32.2. The van der Waals surface area contributed by atoms with Gasteiger partial charge in [-0.2, -0.15) is 0 Å². The summed E-state index contributed by atoms with van der Waals surface area (Å²) in [6.07, 6.45) is 7.79. The summed E-state index contributed by atoms with van der Waals surface area (Å²) in [7, 11) is 0. The molecule has 0 aliphatic carbocycles. The molecule has 1 aliphatic heterocycles. The Kier molecular flexibility index (Phi) is 8.45. The molecule has 1 unspecified atom stereocenters. The summed E-state index contributed by atoms with van der Waals surface area (Å²) in [5.74, 6) is 0.741. The average Bonchev–Trinajstić information content (AvgIpc) is 3.06. The van der Waals surface area contributed by atoms with Gasteiger partial charge in [-0.3, -0.25) is 4.79 Å². The molecule has 124 valence electrons. The summed E-state index contributed by atoms with van der Waals surface area (Å²) in [5, 5.41) is 2.24. The maximum atomic E-state index is 11.4. The van der Waals surface area contributed by atoms with Gasteiger partial charge in [0.2, 0.25) is 5.12 Å². The van der Waals surface area contributed by atoms with Crippen LogP contribution >= 0.6 is 70.6 Å². The number of thioether (sulfide) groups is 6. The van der Waals surface area contributed by atoms with E-state index in [1.807, 2.05) is 47.0 Å². The minimum atomic E-state index is 0.0406. The maximum absolute atomic E-state index is 11.4. The first kappa shape index (κ1) is 19.8. The van der Waals surface area contributed by atoms with E-state index in [0.29, 0.717) is 4.58 Å². The Morgan fingerprint density at radius 3 is 2.39 bits per heavy atom. The van der Waals surface area contributed by atoms with Crippen LogP contribution in [0.1, 0.15) is 10.1 Å². The highest BCUT2D eigenvalue weighted by Crippen LogP contribution is 2.55. The normalized spacial score (nSPS) is 17.2. The standard InChI is InChI=1S/C16H18OS6/c1-5-14(17)21-8-11-9-22-16(23-11)15-12(19-3)6-10(18-2)7-13(15)20-4/h5-7,9,16H,1,8H2,2-4H3. The second-order valence-corrected chi connectivity index (χ2v) is 10.5. The molecule has 1 aliphatic rings. The highest BCUT2D eigenvalue weighted by molar-refractivity contribution is 8.23. The lowest BCUT2D eigenvalue weighted by atomic mass is 10.2. The van der Waals surface area contributed by atoms with Gasteiger partial charge in [-0.1, -0.05) is 18.3 Å². The fourth-order valence-corrected chi connectivity index (χ4v) is 7.94. The fourth-order valence-electron chi connectivity index (χ4n) is 1.99. The molecule has 7 heteroatoms. The lowest BCUT2D eigenvalue weighted by Gasteiger charge is -2.19. The van der Waals surface area contributed by atoms with Gasteiger partial charge in [0, 0.05) is 30.9 Å². The van der Waals surface area contributed by atoms with E-state index in [2.05, 4.69) is 42.9 Å². The highest BCUT2D eigenvalue weighted by Gasteiger charge is 2.26. The van der Waals surface area contributed by atoms with E-state index in [4.69, 9.17) is 0 Å². The van der Waals surface area contributed by atoms with Crippen molar-refractivity contribution in [1.29, 1.82) is 0 Å². The molecular formula is C16H18OS6. The molecule has 0 fully saturated rings. The molecular weight excluding hydrogens is 401 g/mol. The van der Waals surface area contributed by atoms with Crippen LogP contribution in [0.3, 0.4) is 0 Å². The van der Waals surface area contributed by atoms with E-state index in [-0.39, 0.29) is 5.12 Å². The van der Waals surface area contributed by atoms with Crippen LogP contribution in [0.15, 0.2) is 49.8 Å². The lowest BCUT2D eigenvalue weighted by Crippen LogP contribution is -1.95. The van der Waals surface area contributed by atoms with Crippen molar-refractivity contribution in [2.24, 2.45) is 0 Å². The van der Waals surface area contributed by atoms with E-state index >= 15 is 0 Å². The van der Waals surface area contributed by atoms with E-state index < -0.39 is 0 Å². The van der Waals surface area contributed by atoms with Crippen LogP contribution in [0.2, 0.25) is 0 Å². The van der Waals surface area contributed by atoms with Crippen LogP contribution in [0, 0.1) is 0 Å². The second-order valence-electron chi connectivity index (χ2n) is 4.43. The molecule has 2 rings (SSSR count). The molecule has 0 saturated heterocycles. The van der Waals surface area contributed by atoms with Crippen LogP contribution in [-0.2, 0) is 4.79 Å². The van der Waals surface area contributed by atoms with Gasteiger partial charge in [0.25, 0.3) is 0 Å². The van der Waals surface area contributed by atoms with Crippen molar-refractivity contribution < 1.29 is 4.79 Å². The molecule has 0 saturated carbocycles. The molecule has 1 heterocycles. The largest absolute Gasteiger partial charge is 0.282 e. The monoisotopic (exact) mass is 418 g/mol. The number of hydrogen-bond donors (Lipinski definition) is 0. The Morgan fingerprint density at radius 2 is 1.87 bits per heavy atom. The van der Waals surface area contributed by atoms with E-state index in [1.54, 1.807) is 11.8 Å². The minimum absolute atomic E-state index is 0.0406.